The van der Waals surface area contributed by atoms with Crippen LogP contribution in [0.4, 0.5) is 0 Å². The van der Waals surface area contributed by atoms with Crippen molar-refractivity contribution < 1.29 is 9.90 Å². The number of ketones is 1. The molecule has 0 heterocycles. The Morgan fingerprint density at radius 2 is 2.29 bits per heavy atom. The molecule has 0 aromatic heterocycles. The minimum atomic E-state index is 0.0457. The van der Waals surface area contributed by atoms with Gasteiger partial charge in [0.1, 0.15) is 5.75 Å². The van der Waals surface area contributed by atoms with Crippen molar-refractivity contribution in [2.24, 2.45) is 0 Å². The molecule has 2 nitrogen and oxygen atoms in total. The molecular weight excluding hydrogens is 244 g/mol. The molecule has 1 N–H and O–H groups in total. The highest BCUT2D eigenvalue weighted by atomic mass is 79.9. The molecule has 0 saturated carbocycles. The summed E-state index contributed by atoms with van der Waals surface area (Å²) < 4.78 is 0.874. The molecule has 0 aliphatic heterocycles. The lowest BCUT2D eigenvalue weighted by atomic mass is 10.1. The van der Waals surface area contributed by atoms with Crippen LogP contribution in [0.5, 0.6) is 5.75 Å². The molecular formula is C11H11BrO2. The monoisotopic (exact) mass is 254 g/mol. The van der Waals surface area contributed by atoms with Crippen LogP contribution in [-0.2, 0) is 4.79 Å². The van der Waals surface area contributed by atoms with Crippen LogP contribution in [0, 0.1) is 0 Å². The molecule has 0 fully saturated rings. The minimum absolute atomic E-state index is 0.0457. The van der Waals surface area contributed by atoms with Crippen molar-refractivity contribution in [3.63, 3.8) is 0 Å². The van der Waals surface area contributed by atoms with Crippen molar-refractivity contribution in [3.05, 3.63) is 34.3 Å². The summed E-state index contributed by atoms with van der Waals surface area (Å²) in [6.07, 6.45) is 3.57. The largest absolute Gasteiger partial charge is 0.507 e. The first kappa shape index (κ1) is 11.0. The van der Waals surface area contributed by atoms with E-state index in [2.05, 4.69) is 15.9 Å². The third-order valence-corrected chi connectivity index (χ3v) is 2.28. The molecule has 1 rings (SSSR count). The average Bonchev–Trinajstić information content (AvgIpc) is 2.19. The fourth-order valence-electron chi connectivity index (χ4n) is 0.959. The van der Waals surface area contributed by atoms with Crippen molar-refractivity contribution in [1.82, 2.24) is 0 Å². The summed E-state index contributed by atoms with van der Waals surface area (Å²) in [7, 11) is 0. The number of rotatable bonds is 3. The molecule has 74 valence electrons. The fourth-order valence-corrected chi connectivity index (χ4v) is 1.34. The molecule has 1 aromatic carbocycles. The zero-order valence-electron chi connectivity index (χ0n) is 7.83. The summed E-state index contributed by atoms with van der Waals surface area (Å²) in [6.45, 7) is 1.80. The number of hydrogen-bond acceptors (Lipinski definition) is 2. The summed E-state index contributed by atoms with van der Waals surface area (Å²) >= 11 is 3.29. The number of carbonyl (C=O) groups excluding carboxylic acids is 1. The molecule has 1 aromatic rings. The molecule has 0 atom stereocenters. The van der Waals surface area contributed by atoms with Crippen molar-refractivity contribution in [3.8, 4) is 5.75 Å². The van der Waals surface area contributed by atoms with E-state index in [1.165, 1.54) is 6.08 Å². The quantitative estimate of drug-likeness (QED) is 0.842. The van der Waals surface area contributed by atoms with Gasteiger partial charge in [-0.2, -0.15) is 0 Å². The lowest BCUT2D eigenvalue weighted by molar-refractivity contribution is -0.114. The first-order chi connectivity index (χ1) is 6.63. The lowest BCUT2D eigenvalue weighted by Crippen LogP contribution is -1.86. The Bertz CT molecular complexity index is 370. The first-order valence-corrected chi connectivity index (χ1v) is 5.12. The second-order valence-corrected chi connectivity index (χ2v) is 3.77. The van der Waals surface area contributed by atoms with Gasteiger partial charge in [0.15, 0.2) is 5.78 Å². The molecule has 0 amide bonds. The maximum absolute atomic E-state index is 11.0. The Balaban J connectivity index is 2.90. The second kappa shape index (κ2) is 4.96. The van der Waals surface area contributed by atoms with Gasteiger partial charge in [-0.15, -0.1) is 0 Å². The van der Waals surface area contributed by atoms with E-state index in [1.54, 1.807) is 31.2 Å². The van der Waals surface area contributed by atoms with Gasteiger partial charge in [0.25, 0.3) is 0 Å². The third kappa shape index (κ3) is 3.00. The van der Waals surface area contributed by atoms with E-state index in [0.717, 1.165) is 4.47 Å². The summed E-state index contributed by atoms with van der Waals surface area (Å²) in [5.41, 5.74) is 0.640. The van der Waals surface area contributed by atoms with Gasteiger partial charge in [-0.05, 0) is 30.4 Å². The van der Waals surface area contributed by atoms with Crippen LogP contribution in [0.25, 0.3) is 6.08 Å². The fraction of sp³-hybridized carbons (Fsp3) is 0.182. The smallest absolute Gasteiger partial charge is 0.155 e. The van der Waals surface area contributed by atoms with Gasteiger partial charge < -0.3 is 5.11 Å². The minimum Gasteiger partial charge on any atom is -0.507 e. The van der Waals surface area contributed by atoms with Crippen LogP contribution in [0.3, 0.4) is 0 Å². The van der Waals surface area contributed by atoms with E-state index >= 15 is 0 Å². The Kier molecular flexibility index (Phi) is 3.89. The second-order valence-electron chi connectivity index (χ2n) is 2.86. The highest BCUT2D eigenvalue weighted by molar-refractivity contribution is 9.10. The first-order valence-electron chi connectivity index (χ1n) is 4.33. The zero-order valence-corrected chi connectivity index (χ0v) is 9.41. The summed E-state index contributed by atoms with van der Waals surface area (Å²) in [5.74, 6) is 0.220. The predicted octanol–water partition coefficient (Wildman–Crippen LogP) is 3.15. The molecule has 14 heavy (non-hydrogen) atoms. The number of phenolic OH excluding ortho intramolecular Hbond substituents is 1. The Hall–Kier alpha value is -1.09. The maximum atomic E-state index is 11.0. The van der Waals surface area contributed by atoms with Crippen LogP contribution in [0.1, 0.15) is 18.9 Å². The number of hydrogen-bond donors (Lipinski definition) is 1. The highest BCUT2D eigenvalue weighted by Gasteiger charge is 1.98. The van der Waals surface area contributed by atoms with E-state index in [4.69, 9.17) is 0 Å². The van der Waals surface area contributed by atoms with Crippen LogP contribution < -0.4 is 0 Å². The van der Waals surface area contributed by atoms with Gasteiger partial charge >= 0.3 is 0 Å². The molecule has 3 heteroatoms. The summed E-state index contributed by atoms with van der Waals surface area (Å²) in [4.78, 5) is 11.0. The van der Waals surface area contributed by atoms with Crippen LogP contribution in [0.2, 0.25) is 0 Å². The molecule has 0 unspecified atom stereocenters. The van der Waals surface area contributed by atoms with Gasteiger partial charge in [-0.3, -0.25) is 4.79 Å². The molecule has 0 aliphatic rings. The molecule has 0 aliphatic carbocycles. The number of halogens is 1. The Labute approximate surface area is 91.4 Å². The number of carbonyl (C=O) groups is 1. The molecule has 0 spiro atoms. The van der Waals surface area contributed by atoms with Crippen molar-refractivity contribution in [1.29, 1.82) is 0 Å². The number of aromatic hydroxyl groups is 1. The standard InChI is InChI=1S/C11H11BrO2/c1-2-10(13)5-3-8-7-9(12)4-6-11(8)14/h3-7,14H,2H2,1H3. The molecule has 0 radical (unpaired) electrons. The van der Waals surface area contributed by atoms with Crippen molar-refractivity contribution in [2.75, 3.05) is 0 Å². The number of allylic oxidation sites excluding steroid dienone is 1. The SMILES string of the molecule is CCC(=O)C=Cc1cc(Br)ccc1O. The third-order valence-electron chi connectivity index (χ3n) is 1.79. The predicted molar refractivity (Wildman–Crippen MR) is 60.1 cm³/mol. The van der Waals surface area contributed by atoms with E-state index < -0.39 is 0 Å². The molecule has 0 bridgehead atoms. The number of benzene rings is 1. The number of phenols is 1. The summed E-state index contributed by atoms with van der Waals surface area (Å²) in [5, 5.41) is 9.44. The van der Waals surface area contributed by atoms with E-state index in [9.17, 15) is 9.90 Å². The van der Waals surface area contributed by atoms with Gasteiger partial charge in [-0.1, -0.05) is 22.9 Å². The van der Waals surface area contributed by atoms with E-state index in [0.29, 0.717) is 12.0 Å². The average molecular weight is 255 g/mol. The van der Waals surface area contributed by atoms with E-state index in [-0.39, 0.29) is 11.5 Å². The van der Waals surface area contributed by atoms with Crippen LogP contribution >= 0.6 is 15.9 Å². The van der Waals surface area contributed by atoms with Crippen molar-refractivity contribution >= 4 is 27.8 Å². The van der Waals surface area contributed by atoms with Crippen LogP contribution in [-0.4, -0.2) is 10.9 Å². The maximum Gasteiger partial charge on any atom is 0.155 e. The van der Waals surface area contributed by atoms with Gasteiger partial charge in [0, 0.05) is 16.5 Å². The van der Waals surface area contributed by atoms with Gasteiger partial charge in [0.05, 0.1) is 0 Å². The zero-order chi connectivity index (χ0) is 10.6. The normalized spacial score (nSPS) is 10.7. The van der Waals surface area contributed by atoms with Crippen molar-refractivity contribution in [2.45, 2.75) is 13.3 Å². The highest BCUT2D eigenvalue weighted by Crippen LogP contribution is 2.22. The topological polar surface area (TPSA) is 37.3 Å². The summed E-state index contributed by atoms with van der Waals surface area (Å²) in [6, 6.07) is 5.09. The Morgan fingerprint density at radius 1 is 1.57 bits per heavy atom. The van der Waals surface area contributed by atoms with E-state index in [1.807, 2.05) is 0 Å². The Morgan fingerprint density at radius 3 is 2.93 bits per heavy atom. The van der Waals surface area contributed by atoms with Gasteiger partial charge in [0.2, 0.25) is 0 Å². The van der Waals surface area contributed by atoms with Gasteiger partial charge in [-0.25, -0.2) is 0 Å². The lowest BCUT2D eigenvalue weighted by Gasteiger charge is -1.98. The van der Waals surface area contributed by atoms with Crippen LogP contribution in [0.15, 0.2) is 28.7 Å². The molecule has 0 saturated heterocycles.